The van der Waals surface area contributed by atoms with E-state index in [1.54, 1.807) is 6.07 Å². The van der Waals surface area contributed by atoms with Crippen LogP contribution in [0.4, 0.5) is 8.78 Å². The average Bonchev–Trinajstić information content (AvgIpc) is 3.39. The zero-order valence-electron chi connectivity index (χ0n) is 15.1. The molecule has 0 saturated carbocycles. The minimum atomic E-state index is -3.28. The highest BCUT2D eigenvalue weighted by atomic mass is 35.5. The number of pyridine rings is 1. The van der Waals surface area contributed by atoms with Crippen LogP contribution in [-0.2, 0) is 10.7 Å². The van der Waals surface area contributed by atoms with Crippen molar-refractivity contribution in [1.29, 1.82) is 0 Å². The molecule has 1 saturated heterocycles. The minimum Gasteiger partial charge on any atom is -0.480 e. The number of rotatable bonds is 6. The van der Waals surface area contributed by atoms with Crippen molar-refractivity contribution in [2.75, 3.05) is 33.9 Å². The first-order valence-corrected chi connectivity index (χ1v) is 8.84. The van der Waals surface area contributed by atoms with Crippen molar-refractivity contribution in [2.45, 2.75) is 11.8 Å². The van der Waals surface area contributed by atoms with Crippen LogP contribution in [0.15, 0.2) is 6.07 Å². The van der Waals surface area contributed by atoms with Crippen LogP contribution in [0.3, 0.4) is 0 Å². The Balaban J connectivity index is 1.87. The van der Waals surface area contributed by atoms with Gasteiger partial charge in [0.25, 0.3) is 0 Å². The Labute approximate surface area is 163 Å². The second kappa shape index (κ2) is 7.24. The van der Waals surface area contributed by atoms with Gasteiger partial charge in [-0.25, -0.2) is 9.97 Å². The molecule has 4 N–H and O–H groups in total. The molecule has 1 fully saturated rings. The molecule has 3 aromatic heterocycles. The summed E-state index contributed by atoms with van der Waals surface area (Å²) in [4.78, 5) is 11.7. The van der Waals surface area contributed by atoms with Crippen LogP contribution in [-0.4, -0.2) is 59.1 Å². The molecule has 28 heavy (non-hydrogen) atoms. The van der Waals surface area contributed by atoms with Crippen LogP contribution in [0.5, 0.6) is 5.88 Å². The standard InChI is InChI=1S/C16H18ClF2N7O2/c1-27-6-16(18,19)15-24-13(25-26-15)12-10(7-4-20-21-5-7)11-9(22-12)3-8(17)14(23-11)28-2/h3,7,20-22H,4-6H2,1-2H3,(H,24,25,26). The largest absolute Gasteiger partial charge is 0.480 e. The Morgan fingerprint density at radius 3 is 2.68 bits per heavy atom. The Morgan fingerprint density at radius 2 is 2.00 bits per heavy atom. The molecule has 0 aromatic carbocycles. The predicted octanol–water partition coefficient (Wildman–Crippen LogP) is 1.94. The first-order valence-electron chi connectivity index (χ1n) is 8.46. The van der Waals surface area contributed by atoms with Crippen molar-refractivity contribution in [1.82, 2.24) is 36.0 Å². The van der Waals surface area contributed by atoms with Crippen molar-refractivity contribution in [3.63, 3.8) is 0 Å². The molecule has 1 aliphatic heterocycles. The van der Waals surface area contributed by atoms with E-state index in [4.69, 9.17) is 16.3 Å². The maximum absolute atomic E-state index is 14.1. The molecule has 3 aromatic rings. The number of aromatic nitrogens is 5. The second-order valence-corrected chi connectivity index (χ2v) is 6.80. The summed E-state index contributed by atoms with van der Waals surface area (Å²) in [5.74, 6) is -3.44. The minimum absolute atomic E-state index is 0.0172. The van der Waals surface area contributed by atoms with E-state index >= 15 is 0 Å². The normalized spacial score (nSPS) is 15.6. The number of halogens is 3. The van der Waals surface area contributed by atoms with E-state index in [0.717, 1.165) is 5.56 Å². The van der Waals surface area contributed by atoms with Crippen LogP contribution in [0.1, 0.15) is 17.3 Å². The number of H-pyrrole nitrogens is 2. The van der Waals surface area contributed by atoms with Gasteiger partial charge in [-0.2, -0.15) is 13.9 Å². The lowest BCUT2D eigenvalue weighted by Crippen LogP contribution is -2.21. The Bertz CT molecular complexity index is 1000. The molecule has 4 rings (SSSR count). The highest BCUT2D eigenvalue weighted by Crippen LogP contribution is 2.37. The van der Waals surface area contributed by atoms with Gasteiger partial charge in [0.1, 0.15) is 11.6 Å². The lowest BCUT2D eigenvalue weighted by molar-refractivity contribution is -0.0763. The molecule has 0 unspecified atom stereocenters. The zero-order valence-corrected chi connectivity index (χ0v) is 15.8. The molecular weight excluding hydrogens is 396 g/mol. The van der Waals surface area contributed by atoms with Crippen molar-refractivity contribution < 1.29 is 18.3 Å². The number of aromatic amines is 2. The maximum atomic E-state index is 14.1. The Hall–Kier alpha value is -2.34. The topological polar surface area (TPSA) is 113 Å². The van der Waals surface area contributed by atoms with Crippen LogP contribution >= 0.6 is 11.6 Å². The molecule has 12 heteroatoms. The Morgan fingerprint density at radius 1 is 1.25 bits per heavy atom. The highest BCUT2D eigenvalue weighted by molar-refractivity contribution is 6.32. The molecule has 9 nitrogen and oxygen atoms in total. The first kappa shape index (κ1) is 19.0. The van der Waals surface area contributed by atoms with Gasteiger partial charge in [0.2, 0.25) is 5.88 Å². The fourth-order valence-electron chi connectivity index (χ4n) is 3.26. The van der Waals surface area contributed by atoms with Crippen molar-refractivity contribution in [3.8, 4) is 17.4 Å². The van der Waals surface area contributed by atoms with E-state index in [9.17, 15) is 8.78 Å². The van der Waals surface area contributed by atoms with Crippen LogP contribution in [0.25, 0.3) is 22.6 Å². The SMILES string of the molecule is COCC(F)(F)c1nc(-c2[nH]c3cc(Cl)c(OC)nc3c2C2CNNC2)n[nH]1. The van der Waals surface area contributed by atoms with Gasteiger partial charge in [0.05, 0.1) is 23.8 Å². The molecule has 0 bridgehead atoms. The summed E-state index contributed by atoms with van der Waals surface area (Å²) >= 11 is 6.19. The summed E-state index contributed by atoms with van der Waals surface area (Å²) in [5.41, 5.74) is 8.67. The predicted molar refractivity (Wildman–Crippen MR) is 97.5 cm³/mol. The fraction of sp³-hybridized carbons (Fsp3) is 0.438. The lowest BCUT2D eigenvalue weighted by Gasteiger charge is -2.11. The smallest absolute Gasteiger partial charge is 0.328 e. The molecule has 0 radical (unpaired) electrons. The van der Waals surface area contributed by atoms with E-state index in [0.29, 0.717) is 34.8 Å². The molecule has 0 atom stereocenters. The number of methoxy groups -OCH3 is 2. The van der Waals surface area contributed by atoms with Gasteiger partial charge in [-0.05, 0) is 6.07 Å². The van der Waals surface area contributed by atoms with Crippen LogP contribution < -0.4 is 15.6 Å². The van der Waals surface area contributed by atoms with Gasteiger partial charge in [-0.3, -0.25) is 16.0 Å². The van der Waals surface area contributed by atoms with E-state index in [-0.39, 0.29) is 17.6 Å². The summed E-state index contributed by atoms with van der Waals surface area (Å²) in [6.45, 7) is 0.458. The average molecular weight is 414 g/mol. The second-order valence-electron chi connectivity index (χ2n) is 6.39. The Kier molecular flexibility index (Phi) is 4.91. The summed E-state index contributed by atoms with van der Waals surface area (Å²) in [6.07, 6.45) is 0. The van der Waals surface area contributed by atoms with Gasteiger partial charge in [-0.15, -0.1) is 0 Å². The van der Waals surface area contributed by atoms with Gasteiger partial charge in [-0.1, -0.05) is 11.6 Å². The summed E-state index contributed by atoms with van der Waals surface area (Å²) in [5, 5.41) is 6.64. The number of hydrogen-bond donors (Lipinski definition) is 4. The third-order valence-electron chi connectivity index (χ3n) is 4.53. The highest BCUT2D eigenvalue weighted by Gasteiger charge is 2.37. The third-order valence-corrected chi connectivity index (χ3v) is 4.80. The van der Waals surface area contributed by atoms with E-state index in [1.807, 2.05) is 0 Å². The molecule has 0 amide bonds. The molecule has 1 aliphatic rings. The summed E-state index contributed by atoms with van der Waals surface area (Å²) < 4.78 is 38.0. The van der Waals surface area contributed by atoms with Gasteiger partial charge < -0.3 is 14.5 Å². The third kappa shape index (κ3) is 3.20. The molecule has 0 aliphatic carbocycles. The van der Waals surface area contributed by atoms with Gasteiger partial charge in [0.15, 0.2) is 11.6 Å². The number of hydrazine groups is 1. The van der Waals surface area contributed by atoms with Crippen LogP contribution in [0.2, 0.25) is 5.02 Å². The molecule has 150 valence electrons. The first-order chi connectivity index (χ1) is 13.4. The number of nitrogens with zero attached hydrogens (tertiary/aromatic N) is 3. The van der Waals surface area contributed by atoms with Crippen molar-refractivity contribution in [2.24, 2.45) is 0 Å². The zero-order chi connectivity index (χ0) is 19.9. The quantitative estimate of drug-likeness (QED) is 0.488. The maximum Gasteiger partial charge on any atom is 0.328 e. The number of nitrogens with one attached hydrogen (secondary N) is 4. The van der Waals surface area contributed by atoms with Crippen molar-refractivity contribution in [3.05, 3.63) is 22.5 Å². The van der Waals surface area contributed by atoms with Crippen LogP contribution in [0, 0.1) is 0 Å². The van der Waals surface area contributed by atoms with E-state index in [1.165, 1.54) is 14.2 Å². The molecular formula is C16H18ClF2N7O2. The monoisotopic (exact) mass is 413 g/mol. The number of fused-ring (bicyclic) bond motifs is 1. The summed E-state index contributed by atoms with van der Waals surface area (Å²) in [7, 11) is 2.68. The van der Waals surface area contributed by atoms with Gasteiger partial charge in [0, 0.05) is 31.7 Å². The number of hydrogen-bond acceptors (Lipinski definition) is 7. The number of ether oxygens (including phenoxy) is 2. The fourth-order valence-corrected chi connectivity index (χ4v) is 3.49. The summed E-state index contributed by atoms with van der Waals surface area (Å²) in [6, 6.07) is 1.68. The van der Waals surface area contributed by atoms with E-state index < -0.39 is 18.4 Å². The molecule has 4 heterocycles. The number of alkyl halides is 2. The van der Waals surface area contributed by atoms with Crippen molar-refractivity contribution >= 4 is 22.6 Å². The molecule has 0 spiro atoms. The van der Waals surface area contributed by atoms with Gasteiger partial charge >= 0.3 is 5.92 Å². The van der Waals surface area contributed by atoms with E-state index in [2.05, 4.69) is 40.7 Å². The lowest BCUT2D eigenvalue weighted by atomic mass is 9.98.